The van der Waals surface area contributed by atoms with Gasteiger partial charge in [0.15, 0.2) is 0 Å². The Morgan fingerprint density at radius 2 is 1.63 bits per heavy atom. The van der Waals surface area contributed by atoms with Gasteiger partial charge in [0, 0.05) is 34.5 Å². The van der Waals surface area contributed by atoms with E-state index in [0.717, 1.165) is 38.8 Å². The molecule has 0 fully saturated rings. The highest BCUT2D eigenvalue weighted by Crippen LogP contribution is 2.32. The quantitative estimate of drug-likeness (QED) is 0.269. The Balaban J connectivity index is 1.18. The minimum Gasteiger partial charge on any atom is -0.457 e. The number of para-hydroxylation sites is 1. The molecule has 0 radical (unpaired) electrons. The van der Waals surface area contributed by atoms with Crippen molar-refractivity contribution in [3.8, 4) is 22.9 Å². The summed E-state index contributed by atoms with van der Waals surface area (Å²) < 4.78 is 6.11. The number of ether oxygens (including phenoxy) is 1. The van der Waals surface area contributed by atoms with Crippen LogP contribution in [0.3, 0.4) is 0 Å². The Labute approximate surface area is 201 Å². The predicted octanol–water partition coefficient (Wildman–Crippen LogP) is 6.43. The van der Waals surface area contributed by atoms with Crippen LogP contribution in [0, 0.1) is 0 Å². The molecule has 6 heteroatoms. The highest BCUT2D eigenvalue weighted by molar-refractivity contribution is 5.96. The van der Waals surface area contributed by atoms with Gasteiger partial charge in [-0.3, -0.25) is 9.89 Å². The molecule has 6 aromatic rings. The number of nitrogens with zero attached hydrogens (tertiary/aromatic N) is 1. The lowest BCUT2D eigenvalue weighted by atomic mass is 10.1. The number of H-pyrrole nitrogens is 2. The van der Waals surface area contributed by atoms with Crippen molar-refractivity contribution in [1.82, 2.24) is 20.5 Å². The maximum absolute atomic E-state index is 12.3. The summed E-state index contributed by atoms with van der Waals surface area (Å²) in [5, 5.41) is 12.8. The molecule has 3 N–H and O–H groups in total. The monoisotopic (exact) mass is 458 g/mol. The Morgan fingerprint density at radius 3 is 2.51 bits per heavy atom. The molecule has 6 nitrogen and oxygen atoms in total. The second kappa shape index (κ2) is 8.83. The number of hydrogen-bond acceptors (Lipinski definition) is 3. The zero-order chi connectivity index (χ0) is 23.6. The van der Waals surface area contributed by atoms with Crippen LogP contribution in [-0.2, 0) is 6.54 Å². The first-order valence-corrected chi connectivity index (χ1v) is 11.4. The number of carbonyl (C=O) groups is 1. The van der Waals surface area contributed by atoms with Crippen LogP contribution in [0.2, 0.25) is 0 Å². The summed E-state index contributed by atoms with van der Waals surface area (Å²) in [7, 11) is 0. The summed E-state index contributed by atoms with van der Waals surface area (Å²) in [6.07, 6.45) is 0. The van der Waals surface area contributed by atoms with Gasteiger partial charge in [-0.05, 0) is 54.1 Å². The standard InChI is InChI=1S/C29H22N4O2/c34-29(20-8-2-1-3-9-20)30-18-19-7-6-11-22(15-19)35-23-13-14-24-26(17-23)32-33-28(24)27-16-21-10-4-5-12-25(21)31-27/h1-17,31H,18H2,(H,30,34)(H,32,33). The molecule has 2 aromatic heterocycles. The van der Waals surface area contributed by atoms with E-state index >= 15 is 0 Å². The van der Waals surface area contributed by atoms with Crippen molar-refractivity contribution in [2.24, 2.45) is 0 Å². The van der Waals surface area contributed by atoms with Crippen LogP contribution in [0.15, 0.2) is 103 Å². The minimum atomic E-state index is -0.104. The van der Waals surface area contributed by atoms with Crippen molar-refractivity contribution >= 4 is 27.7 Å². The van der Waals surface area contributed by atoms with Crippen LogP contribution in [0.5, 0.6) is 11.5 Å². The van der Waals surface area contributed by atoms with E-state index in [-0.39, 0.29) is 5.91 Å². The third-order valence-corrected chi connectivity index (χ3v) is 5.94. The molecule has 1 amide bonds. The molecule has 0 aliphatic carbocycles. The predicted molar refractivity (Wildman–Crippen MR) is 138 cm³/mol. The Hall–Kier alpha value is -4.84. The number of rotatable bonds is 6. The number of hydrogen-bond donors (Lipinski definition) is 3. The van der Waals surface area contributed by atoms with Crippen molar-refractivity contribution in [2.75, 3.05) is 0 Å². The molecule has 0 aliphatic heterocycles. The van der Waals surface area contributed by atoms with Crippen molar-refractivity contribution in [1.29, 1.82) is 0 Å². The highest BCUT2D eigenvalue weighted by Gasteiger charge is 2.12. The maximum atomic E-state index is 12.3. The zero-order valence-corrected chi connectivity index (χ0v) is 18.8. The summed E-state index contributed by atoms with van der Waals surface area (Å²) in [5.74, 6) is 1.30. The summed E-state index contributed by atoms with van der Waals surface area (Å²) in [5.41, 5.74) is 5.41. The van der Waals surface area contributed by atoms with Crippen LogP contribution in [0.25, 0.3) is 33.2 Å². The molecule has 35 heavy (non-hydrogen) atoms. The van der Waals surface area contributed by atoms with Crippen LogP contribution in [-0.4, -0.2) is 21.1 Å². The van der Waals surface area contributed by atoms with Crippen molar-refractivity contribution in [3.63, 3.8) is 0 Å². The van der Waals surface area contributed by atoms with Crippen LogP contribution in [0.4, 0.5) is 0 Å². The number of aromatic nitrogens is 3. The molecule has 6 rings (SSSR count). The summed E-state index contributed by atoms with van der Waals surface area (Å²) in [6, 6.07) is 33.1. The fourth-order valence-corrected chi connectivity index (χ4v) is 4.20. The van der Waals surface area contributed by atoms with Gasteiger partial charge in [-0.25, -0.2) is 0 Å². The fourth-order valence-electron chi connectivity index (χ4n) is 4.20. The maximum Gasteiger partial charge on any atom is 0.251 e. The third kappa shape index (κ3) is 4.25. The van der Waals surface area contributed by atoms with Gasteiger partial charge in [0.1, 0.15) is 17.2 Å². The van der Waals surface area contributed by atoms with Gasteiger partial charge in [-0.15, -0.1) is 0 Å². The smallest absolute Gasteiger partial charge is 0.251 e. The number of benzene rings is 4. The van der Waals surface area contributed by atoms with E-state index in [0.29, 0.717) is 23.6 Å². The lowest BCUT2D eigenvalue weighted by Crippen LogP contribution is -2.22. The molecular weight excluding hydrogens is 436 g/mol. The third-order valence-electron chi connectivity index (χ3n) is 5.94. The van der Waals surface area contributed by atoms with Gasteiger partial charge in [0.05, 0.1) is 11.2 Å². The van der Waals surface area contributed by atoms with Gasteiger partial charge in [0.2, 0.25) is 0 Å². The fraction of sp³-hybridized carbons (Fsp3) is 0.0345. The molecule has 0 unspecified atom stereocenters. The average molecular weight is 459 g/mol. The second-order valence-electron chi connectivity index (χ2n) is 8.35. The van der Waals surface area contributed by atoms with Crippen LogP contribution >= 0.6 is 0 Å². The lowest BCUT2D eigenvalue weighted by Gasteiger charge is -2.09. The molecule has 0 bridgehead atoms. The van der Waals surface area contributed by atoms with E-state index in [4.69, 9.17) is 4.74 Å². The molecular formula is C29H22N4O2. The number of nitrogens with one attached hydrogen (secondary N) is 3. The number of carbonyl (C=O) groups excluding carboxylic acids is 1. The topological polar surface area (TPSA) is 82.8 Å². The SMILES string of the molecule is O=C(NCc1cccc(Oc2ccc3c(-c4cc5ccccc5[nH]4)n[nH]c3c2)c1)c1ccccc1. The van der Waals surface area contributed by atoms with Crippen LogP contribution in [0.1, 0.15) is 15.9 Å². The number of amides is 1. The average Bonchev–Trinajstić information content (AvgIpc) is 3.52. The molecule has 0 spiro atoms. The van der Waals surface area contributed by atoms with E-state index in [2.05, 4.69) is 38.7 Å². The van der Waals surface area contributed by atoms with Gasteiger partial charge in [-0.1, -0.05) is 48.5 Å². The van der Waals surface area contributed by atoms with Crippen molar-refractivity contribution < 1.29 is 9.53 Å². The Morgan fingerprint density at radius 1 is 0.800 bits per heavy atom. The molecule has 0 aliphatic rings. The molecule has 170 valence electrons. The Kier molecular flexibility index (Phi) is 5.24. The first-order chi connectivity index (χ1) is 17.2. The largest absolute Gasteiger partial charge is 0.457 e. The van der Waals surface area contributed by atoms with E-state index < -0.39 is 0 Å². The molecule has 0 saturated heterocycles. The normalized spacial score (nSPS) is 11.1. The molecule has 0 saturated carbocycles. The van der Waals surface area contributed by atoms with Gasteiger partial charge >= 0.3 is 0 Å². The van der Waals surface area contributed by atoms with Crippen LogP contribution < -0.4 is 10.1 Å². The second-order valence-corrected chi connectivity index (χ2v) is 8.35. The molecule has 4 aromatic carbocycles. The highest BCUT2D eigenvalue weighted by atomic mass is 16.5. The number of fused-ring (bicyclic) bond motifs is 2. The first-order valence-electron chi connectivity index (χ1n) is 11.4. The van der Waals surface area contributed by atoms with Crippen molar-refractivity contribution in [2.45, 2.75) is 6.54 Å². The van der Waals surface area contributed by atoms with E-state index in [9.17, 15) is 4.79 Å². The molecule has 0 atom stereocenters. The molecule has 2 heterocycles. The zero-order valence-electron chi connectivity index (χ0n) is 18.8. The van der Waals surface area contributed by atoms with E-state index in [1.54, 1.807) is 12.1 Å². The van der Waals surface area contributed by atoms with E-state index in [1.807, 2.05) is 72.8 Å². The van der Waals surface area contributed by atoms with Gasteiger partial charge < -0.3 is 15.0 Å². The van der Waals surface area contributed by atoms with Gasteiger partial charge in [-0.2, -0.15) is 5.10 Å². The summed E-state index contributed by atoms with van der Waals surface area (Å²) >= 11 is 0. The Bertz CT molecular complexity index is 1620. The van der Waals surface area contributed by atoms with Gasteiger partial charge in [0.25, 0.3) is 5.91 Å². The first kappa shape index (κ1) is 20.7. The van der Waals surface area contributed by atoms with Crippen molar-refractivity contribution in [3.05, 3.63) is 114 Å². The summed E-state index contributed by atoms with van der Waals surface area (Å²) in [4.78, 5) is 15.8. The summed E-state index contributed by atoms with van der Waals surface area (Å²) in [6.45, 7) is 0.415. The lowest BCUT2D eigenvalue weighted by molar-refractivity contribution is 0.0951. The van der Waals surface area contributed by atoms with E-state index in [1.165, 1.54) is 0 Å². The minimum absolute atomic E-state index is 0.104. The number of aromatic amines is 2.